The SMILES string of the molecule is COc1ccccc1-c1cc(C(=O)N2CCN(c3ccccc3Cl)CC2)nc2cc(C(C)(C)C)nn12. The van der Waals surface area contributed by atoms with Gasteiger partial charge in [-0.05, 0) is 30.3 Å². The van der Waals surface area contributed by atoms with Crippen LogP contribution < -0.4 is 9.64 Å². The Morgan fingerprint density at radius 3 is 2.36 bits per heavy atom. The van der Waals surface area contributed by atoms with Gasteiger partial charge in [-0.2, -0.15) is 5.10 Å². The van der Waals surface area contributed by atoms with Crippen molar-refractivity contribution in [1.82, 2.24) is 19.5 Å². The van der Waals surface area contributed by atoms with Crippen LogP contribution in [0.5, 0.6) is 5.75 Å². The zero-order valence-electron chi connectivity index (χ0n) is 21.0. The molecular formula is C28H30ClN5O2. The Morgan fingerprint density at radius 1 is 0.972 bits per heavy atom. The lowest BCUT2D eigenvalue weighted by molar-refractivity contribution is 0.0741. The molecule has 0 atom stereocenters. The molecule has 5 rings (SSSR count). The van der Waals surface area contributed by atoms with Gasteiger partial charge in [0.15, 0.2) is 5.65 Å². The van der Waals surface area contributed by atoms with Gasteiger partial charge in [0.05, 0.1) is 29.2 Å². The van der Waals surface area contributed by atoms with Gasteiger partial charge in [-0.1, -0.05) is 56.6 Å². The fourth-order valence-electron chi connectivity index (χ4n) is 4.52. The number of nitrogens with zero attached hydrogens (tertiary/aromatic N) is 5. The lowest BCUT2D eigenvalue weighted by Crippen LogP contribution is -2.49. The molecule has 0 unspecified atom stereocenters. The second-order valence-electron chi connectivity index (χ2n) is 10.0. The van der Waals surface area contributed by atoms with Gasteiger partial charge >= 0.3 is 0 Å². The molecule has 1 amide bonds. The van der Waals surface area contributed by atoms with Gasteiger partial charge in [0, 0.05) is 43.2 Å². The van der Waals surface area contributed by atoms with Crippen molar-refractivity contribution in [2.45, 2.75) is 26.2 Å². The molecule has 0 spiro atoms. The zero-order chi connectivity index (χ0) is 25.4. The molecule has 0 radical (unpaired) electrons. The van der Waals surface area contributed by atoms with Crippen LogP contribution in [0.3, 0.4) is 0 Å². The number of hydrogen-bond acceptors (Lipinski definition) is 5. The maximum absolute atomic E-state index is 13.7. The van der Waals surface area contributed by atoms with Gasteiger partial charge in [-0.15, -0.1) is 0 Å². The van der Waals surface area contributed by atoms with Crippen LogP contribution in [-0.2, 0) is 5.41 Å². The third-order valence-electron chi connectivity index (χ3n) is 6.56. The Morgan fingerprint density at radius 2 is 1.67 bits per heavy atom. The van der Waals surface area contributed by atoms with Crippen molar-refractivity contribution in [2.75, 3.05) is 38.2 Å². The quantitative estimate of drug-likeness (QED) is 0.377. The number of ether oxygens (including phenoxy) is 1. The smallest absolute Gasteiger partial charge is 0.272 e. The summed E-state index contributed by atoms with van der Waals surface area (Å²) in [6.45, 7) is 8.93. The Balaban J connectivity index is 1.50. The summed E-state index contributed by atoms with van der Waals surface area (Å²) in [6.07, 6.45) is 0. The van der Waals surface area contributed by atoms with Crippen molar-refractivity contribution in [1.29, 1.82) is 0 Å². The number of piperazine rings is 1. The Kier molecular flexibility index (Phi) is 6.35. The van der Waals surface area contributed by atoms with E-state index in [2.05, 4.69) is 25.7 Å². The molecule has 3 heterocycles. The minimum Gasteiger partial charge on any atom is -0.496 e. The van der Waals surface area contributed by atoms with Crippen molar-refractivity contribution >= 4 is 28.8 Å². The highest BCUT2D eigenvalue weighted by Gasteiger charge is 2.27. The van der Waals surface area contributed by atoms with Crippen molar-refractivity contribution in [3.8, 4) is 17.0 Å². The molecule has 36 heavy (non-hydrogen) atoms. The summed E-state index contributed by atoms with van der Waals surface area (Å²) in [5.74, 6) is 0.621. The minimum absolute atomic E-state index is 0.0917. The van der Waals surface area contributed by atoms with E-state index in [9.17, 15) is 4.79 Å². The molecular weight excluding hydrogens is 474 g/mol. The third kappa shape index (κ3) is 4.51. The monoisotopic (exact) mass is 503 g/mol. The number of methoxy groups -OCH3 is 1. The number of fused-ring (bicyclic) bond motifs is 1. The van der Waals surface area contributed by atoms with E-state index in [-0.39, 0.29) is 11.3 Å². The van der Waals surface area contributed by atoms with Crippen molar-refractivity contribution in [3.05, 3.63) is 77.1 Å². The summed E-state index contributed by atoms with van der Waals surface area (Å²) < 4.78 is 7.44. The number of rotatable bonds is 4. The molecule has 7 nitrogen and oxygen atoms in total. The lowest BCUT2D eigenvalue weighted by Gasteiger charge is -2.36. The number of benzene rings is 2. The van der Waals surface area contributed by atoms with Crippen LogP contribution in [0.1, 0.15) is 37.0 Å². The van der Waals surface area contributed by atoms with E-state index >= 15 is 0 Å². The average molecular weight is 504 g/mol. The molecule has 0 N–H and O–H groups in total. The maximum Gasteiger partial charge on any atom is 0.272 e. The molecule has 0 bridgehead atoms. The maximum atomic E-state index is 13.7. The van der Waals surface area contributed by atoms with E-state index in [0.717, 1.165) is 27.7 Å². The number of para-hydroxylation sites is 2. The van der Waals surface area contributed by atoms with Gasteiger partial charge in [0.25, 0.3) is 5.91 Å². The summed E-state index contributed by atoms with van der Waals surface area (Å²) in [5.41, 5.74) is 4.41. The summed E-state index contributed by atoms with van der Waals surface area (Å²) in [5, 5.41) is 5.58. The minimum atomic E-state index is -0.162. The number of aromatic nitrogens is 3. The van der Waals surface area contributed by atoms with Crippen LogP contribution in [0.2, 0.25) is 5.02 Å². The first-order valence-electron chi connectivity index (χ1n) is 12.1. The van der Waals surface area contributed by atoms with E-state index < -0.39 is 0 Å². The van der Waals surface area contributed by atoms with Gasteiger partial charge in [-0.3, -0.25) is 4.79 Å². The van der Waals surface area contributed by atoms with Gasteiger partial charge in [-0.25, -0.2) is 9.50 Å². The number of halogens is 1. The first-order chi connectivity index (χ1) is 17.3. The molecule has 1 aliphatic heterocycles. The summed E-state index contributed by atoms with van der Waals surface area (Å²) >= 11 is 6.39. The van der Waals surface area contributed by atoms with E-state index in [1.807, 2.05) is 70.1 Å². The predicted molar refractivity (Wildman–Crippen MR) is 143 cm³/mol. The molecule has 0 saturated carbocycles. The fraction of sp³-hybridized carbons (Fsp3) is 0.321. The molecule has 186 valence electrons. The number of hydrogen-bond donors (Lipinski definition) is 0. The molecule has 1 fully saturated rings. The summed E-state index contributed by atoms with van der Waals surface area (Å²) in [6, 6.07) is 19.4. The van der Waals surface area contributed by atoms with Gasteiger partial charge < -0.3 is 14.5 Å². The topological polar surface area (TPSA) is 63.0 Å². The third-order valence-corrected chi connectivity index (χ3v) is 6.88. The standard InChI is InChI=1S/C28H30ClN5O2/c1-28(2,3)25-18-26-30-21(17-23(34(26)31-25)19-9-5-8-12-24(19)36-4)27(35)33-15-13-32(14-16-33)22-11-7-6-10-20(22)29/h5-12,17-18H,13-16H2,1-4H3. The highest BCUT2D eigenvalue weighted by molar-refractivity contribution is 6.33. The molecule has 2 aromatic heterocycles. The van der Waals surface area contributed by atoms with Crippen LogP contribution in [0.4, 0.5) is 5.69 Å². The summed E-state index contributed by atoms with van der Waals surface area (Å²) in [7, 11) is 1.64. The second kappa shape index (κ2) is 9.47. The van der Waals surface area contributed by atoms with Gasteiger partial charge in [0.2, 0.25) is 0 Å². The number of carbonyl (C=O) groups excluding carboxylic acids is 1. The zero-order valence-corrected chi connectivity index (χ0v) is 21.8. The Hall–Kier alpha value is -3.58. The van der Waals surface area contributed by atoms with Crippen molar-refractivity contribution < 1.29 is 9.53 Å². The molecule has 0 aliphatic carbocycles. The molecule has 4 aromatic rings. The summed E-state index contributed by atoms with van der Waals surface area (Å²) in [4.78, 5) is 22.5. The molecule has 1 aliphatic rings. The first kappa shape index (κ1) is 24.1. The van der Waals surface area contributed by atoms with Crippen LogP contribution in [0, 0.1) is 0 Å². The molecule has 2 aromatic carbocycles. The lowest BCUT2D eigenvalue weighted by atomic mass is 9.93. The van der Waals surface area contributed by atoms with Crippen LogP contribution in [0.25, 0.3) is 16.9 Å². The van der Waals surface area contributed by atoms with E-state index in [1.165, 1.54) is 0 Å². The Labute approximate surface area is 216 Å². The van der Waals surface area contributed by atoms with Gasteiger partial charge in [0.1, 0.15) is 11.4 Å². The van der Waals surface area contributed by atoms with Crippen molar-refractivity contribution in [3.63, 3.8) is 0 Å². The first-order valence-corrected chi connectivity index (χ1v) is 12.5. The highest BCUT2D eigenvalue weighted by atomic mass is 35.5. The average Bonchev–Trinajstić information content (AvgIpc) is 3.33. The molecule has 8 heteroatoms. The fourth-order valence-corrected chi connectivity index (χ4v) is 4.77. The second-order valence-corrected chi connectivity index (χ2v) is 10.4. The van der Waals surface area contributed by atoms with E-state index in [4.69, 9.17) is 26.4 Å². The normalized spacial score (nSPS) is 14.4. The number of carbonyl (C=O) groups is 1. The number of amides is 1. The number of anilines is 1. The largest absolute Gasteiger partial charge is 0.496 e. The Bertz CT molecular complexity index is 1420. The highest BCUT2D eigenvalue weighted by Crippen LogP contribution is 2.32. The van der Waals surface area contributed by atoms with Crippen LogP contribution >= 0.6 is 11.6 Å². The van der Waals surface area contributed by atoms with Crippen molar-refractivity contribution in [2.24, 2.45) is 0 Å². The van der Waals surface area contributed by atoms with Crippen LogP contribution in [-0.4, -0.2) is 58.7 Å². The van der Waals surface area contributed by atoms with Crippen LogP contribution in [0.15, 0.2) is 60.7 Å². The van der Waals surface area contributed by atoms with E-state index in [0.29, 0.717) is 43.3 Å². The predicted octanol–water partition coefficient (Wildman–Crippen LogP) is 5.32. The molecule has 1 saturated heterocycles. The van der Waals surface area contributed by atoms with E-state index in [1.54, 1.807) is 7.11 Å².